The molecule has 0 radical (unpaired) electrons. The Bertz CT molecular complexity index is 621. The number of hydrogen-bond acceptors (Lipinski definition) is 6. The molecular weight excluding hydrogens is 252 g/mol. The number of rotatable bonds is 4. The summed E-state index contributed by atoms with van der Waals surface area (Å²) in [5.74, 6) is -0.301. The first-order valence-corrected chi connectivity index (χ1v) is 5.29. The first kappa shape index (κ1) is 12.7. The fraction of sp³-hybridized carbons (Fsp3) is 0.167. The summed E-state index contributed by atoms with van der Waals surface area (Å²) in [6.45, 7) is 0. The average Bonchev–Trinajstić information content (AvgIpc) is 2.80. The highest BCUT2D eigenvalue weighted by Gasteiger charge is 2.22. The number of benzene rings is 1. The Morgan fingerprint density at radius 2 is 2.00 bits per heavy atom. The minimum atomic E-state index is -1.22. The van der Waals surface area contributed by atoms with E-state index in [-0.39, 0.29) is 17.1 Å². The van der Waals surface area contributed by atoms with Crippen LogP contribution in [0.5, 0.6) is 11.5 Å². The lowest BCUT2D eigenvalue weighted by Gasteiger charge is -2.09. The number of nitrogens with zero attached hydrogens (tertiary/aromatic N) is 1. The SMILES string of the molecule is COc1ccc(-c2c(C(=O)O)noc2N)cc1OC. The molecule has 1 aromatic heterocycles. The summed E-state index contributed by atoms with van der Waals surface area (Å²) in [6, 6.07) is 4.90. The van der Waals surface area contributed by atoms with Gasteiger partial charge in [-0.25, -0.2) is 4.79 Å². The molecule has 0 saturated heterocycles. The van der Waals surface area contributed by atoms with Gasteiger partial charge in [-0.05, 0) is 17.7 Å². The van der Waals surface area contributed by atoms with Gasteiger partial charge in [-0.3, -0.25) is 0 Å². The third kappa shape index (κ3) is 2.17. The smallest absolute Gasteiger partial charge is 0.358 e. The van der Waals surface area contributed by atoms with Crippen molar-refractivity contribution in [3.63, 3.8) is 0 Å². The van der Waals surface area contributed by atoms with Crippen LogP contribution >= 0.6 is 0 Å². The molecule has 0 unspecified atom stereocenters. The van der Waals surface area contributed by atoms with Gasteiger partial charge in [-0.1, -0.05) is 11.2 Å². The van der Waals surface area contributed by atoms with Crippen LogP contribution in [0.15, 0.2) is 22.7 Å². The van der Waals surface area contributed by atoms with Crippen molar-refractivity contribution in [2.24, 2.45) is 0 Å². The molecular formula is C12H12N2O5. The molecule has 7 heteroatoms. The van der Waals surface area contributed by atoms with Gasteiger partial charge in [0.15, 0.2) is 11.5 Å². The molecule has 19 heavy (non-hydrogen) atoms. The van der Waals surface area contributed by atoms with Crippen LogP contribution in [-0.2, 0) is 0 Å². The van der Waals surface area contributed by atoms with Crippen molar-refractivity contribution in [3.05, 3.63) is 23.9 Å². The standard InChI is InChI=1S/C12H12N2O5/c1-17-7-4-3-6(5-8(7)18-2)9-10(12(15)16)14-19-11(9)13/h3-5H,13H2,1-2H3,(H,15,16). The second-order valence-electron chi connectivity index (χ2n) is 3.65. The lowest BCUT2D eigenvalue weighted by Crippen LogP contribution is -2.00. The van der Waals surface area contributed by atoms with Gasteiger partial charge in [-0.2, -0.15) is 0 Å². The van der Waals surface area contributed by atoms with E-state index < -0.39 is 5.97 Å². The van der Waals surface area contributed by atoms with Crippen LogP contribution < -0.4 is 15.2 Å². The molecule has 7 nitrogen and oxygen atoms in total. The quantitative estimate of drug-likeness (QED) is 0.864. The third-order valence-electron chi connectivity index (χ3n) is 2.59. The number of methoxy groups -OCH3 is 2. The predicted octanol–water partition coefficient (Wildman–Crippen LogP) is 1.64. The Hall–Kier alpha value is -2.70. The van der Waals surface area contributed by atoms with Crippen molar-refractivity contribution in [1.29, 1.82) is 0 Å². The van der Waals surface area contributed by atoms with Crippen molar-refractivity contribution in [3.8, 4) is 22.6 Å². The lowest BCUT2D eigenvalue weighted by molar-refractivity contribution is 0.0686. The maximum Gasteiger partial charge on any atom is 0.358 e. The number of carbonyl (C=O) groups is 1. The van der Waals surface area contributed by atoms with Crippen LogP contribution in [0.3, 0.4) is 0 Å². The molecule has 0 aliphatic heterocycles. The van der Waals surface area contributed by atoms with E-state index in [2.05, 4.69) is 5.16 Å². The van der Waals surface area contributed by atoms with E-state index >= 15 is 0 Å². The fourth-order valence-corrected chi connectivity index (χ4v) is 1.72. The number of hydrogen-bond donors (Lipinski definition) is 2. The molecule has 0 aliphatic rings. The van der Waals surface area contributed by atoms with Crippen LogP contribution in [0.25, 0.3) is 11.1 Å². The van der Waals surface area contributed by atoms with E-state index in [0.29, 0.717) is 17.1 Å². The molecule has 0 amide bonds. The largest absolute Gasteiger partial charge is 0.493 e. The Balaban J connectivity index is 2.59. The van der Waals surface area contributed by atoms with Gasteiger partial charge in [0.05, 0.1) is 19.8 Å². The minimum Gasteiger partial charge on any atom is -0.493 e. The molecule has 1 heterocycles. The summed E-state index contributed by atoms with van der Waals surface area (Å²) in [5.41, 5.74) is 6.10. The molecule has 0 fully saturated rings. The van der Waals surface area contributed by atoms with Gasteiger partial charge < -0.3 is 24.8 Å². The molecule has 100 valence electrons. The summed E-state index contributed by atoms with van der Waals surface area (Å²) in [6.07, 6.45) is 0. The molecule has 2 rings (SSSR count). The highest BCUT2D eigenvalue weighted by molar-refractivity contribution is 5.97. The van der Waals surface area contributed by atoms with Crippen LogP contribution in [-0.4, -0.2) is 30.5 Å². The summed E-state index contributed by atoms with van der Waals surface area (Å²) in [7, 11) is 2.99. The van der Waals surface area contributed by atoms with Crippen molar-refractivity contribution >= 4 is 11.9 Å². The zero-order valence-corrected chi connectivity index (χ0v) is 10.3. The van der Waals surface area contributed by atoms with Crippen molar-refractivity contribution in [2.75, 3.05) is 20.0 Å². The van der Waals surface area contributed by atoms with Gasteiger partial charge in [0.25, 0.3) is 0 Å². The fourth-order valence-electron chi connectivity index (χ4n) is 1.72. The van der Waals surface area contributed by atoms with Crippen LogP contribution in [0.4, 0.5) is 5.88 Å². The van der Waals surface area contributed by atoms with E-state index in [1.807, 2.05) is 0 Å². The monoisotopic (exact) mass is 264 g/mol. The minimum absolute atomic E-state index is 0.0652. The zero-order chi connectivity index (χ0) is 14.0. The number of aromatic carboxylic acids is 1. The molecule has 0 saturated carbocycles. The Morgan fingerprint density at radius 3 is 2.58 bits per heavy atom. The topological polar surface area (TPSA) is 108 Å². The molecule has 0 bridgehead atoms. The van der Waals surface area contributed by atoms with Crippen molar-refractivity contribution in [2.45, 2.75) is 0 Å². The molecule has 1 aromatic carbocycles. The second-order valence-corrected chi connectivity index (χ2v) is 3.65. The summed E-state index contributed by atoms with van der Waals surface area (Å²) in [5, 5.41) is 12.5. The van der Waals surface area contributed by atoms with Gasteiger partial charge in [0.1, 0.15) is 0 Å². The first-order chi connectivity index (χ1) is 9.08. The average molecular weight is 264 g/mol. The maximum atomic E-state index is 11.1. The molecule has 0 aliphatic carbocycles. The van der Waals surface area contributed by atoms with Gasteiger partial charge in [0, 0.05) is 0 Å². The number of aromatic nitrogens is 1. The molecule has 2 aromatic rings. The highest BCUT2D eigenvalue weighted by atomic mass is 16.5. The van der Waals surface area contributed by atoms with Gasteiger partial charge in [-0.15, -0.1) is 0 Å². The number of carboxylic acids is 1. The molecule has 3 N–H and O–H groups in total. The van der Waals surface area contributed by atoms with Crippen LogP contribution in [0, 0.1) is 0 Å². The van der Waals surface area contributed by atoms with Crippen LogP contribution in [0.2, 0.25) is 0 Å². The zero-order valence-electron chi connectivity index (χ0n) is 10.3. The maximum absolute atomic E-state index is 11.1. The highest BCUT2D eigenvalue weighted by Crippen LogP contribution is 2.36. The first-order valence-electron chi connectivity index (χ1n) is 5.29. The summed E-state index contributed by atoms with van der Waals surface area (Å²) >= 11 is 0. The normalized spacial score (nSPS) is 10.2. The number of nitrogens with two attached hydrogens (primary N) is 1. The van der Waals surface area contributed by atoms with E-state index in [4.69, 9.17) is 24.8 Å². The summed E-state index contributed by atoms with van der Waals surface area (Å²) < 4.78 is 15.0. The number of ether oxygens (including phenoxy) is 2. The molecule has 0 spiro atoms. The molecule has 0 atom stereocenters. The lowest BCUT2D eigenvalue weighted by atomic mass is 10.0. The van der Waals surface area contributed by atoms with E-state index in [1.54, 1.807) is 18.2 Å². The Labute approximate surface area is 108 Å². The number of nitrogen functional groups attached to an aromatic ring is 1. The summed E-state index contributed by atoms with van der Waals surface area (Å²) in [4.78, 5) is 11.1. The van der Waals surface area contributed by atoms with Crippen LogP contribution in [0.1, 0.15) is 10.5 Å². The van der Waals surface area contributed by atoms with E-state index in [9.17, 15) is 4.79 Å². The van der Waals surface area contributed by atoms with Crippen molar-refractivity contribution in [1.82, 2.24) is 5.16 Å². The van der Waals surface area contributed by atoms with E-state index in [1.165, 1.54) is 14.2 Å². The second kappa shape index (κ2) is 4.89. The van der Waals surface area contributed by atoms with E-state index in [0.717, 1.165) is 0 Å². The van der Waals surface area contributed by atoms with Gasteiger partial charge >= 0.3 is 5.97 Å². The third-order valence-corrected chi connectivity index (χ3v) is 2.59. The Morgan fingerprint density at radius 1 is 1.32 bits per heavy atom. The van der Waals surface area contributed by atoms with Gasteiger partial charge in [0.2, 0.25) is 11.6 Å². The number of anilines is 1. The Kier molecular flexibility index (Phi) is 3.28. The predicted molar refractivity (Wildman–Crippen MR) is 66.4 cm³/mol. The number of carboxylic acid groups (broad SMARTS) is 1. The van der Waals surface area contributed by atoms with Crippen molar-refractivity contribution < 1.29 is 23.9 Å².